The number of aryl methyl sites for hydroxylation is 1. The molecule has 2 nitrogen and oxygen atoms in total. The fourth-order valence-corrected chi connectivity index (χ4v) is 2.86. The molecule has 0 aromatic heterocycles. The summed E-state index contributed by atoms with van der Waals surface area (Å²) in [4.78, 5) is 0. The van der Waals surface area contributed by atoms with Crippen molar-refractivity contribution in [2.75, 3.05) is 13.2 Å². The van der Waals surface area contributed by atoms with Gasteiger partial charge in [0.2, 0.25) is 0 Å². The first-order chi connectivity index (χ1) is 10.8. The molecular formula is C20H24O2. The summed E-state index contributed by atoms with van der Waals surface area (Å²) in [6.45, 7) is 5.66. The van der Waals surface area contributed by atoms with Crippen LogP contribution in [-0.4, -0.2) is 19.3 Å². The third-order valence-corrected chi connectivity index (χ3v) is 4.24. The minimum Gasteiger partial charge on any atom is -0.373 e. The number of hydrogen-bond donors (Lipinski definition) is 0. The van der Waals surface area contributed by atoms with E-state index in [2.05, 4.69) is 62.4 Å². The van der Waals surface area contributed by atoms with Crippen molar-refractivity contribution in [3.63, 3.8) is 0 Å². The maximum atomic E-state index is 5.97. The molecule has 1 heterocycles. The van der Waals surface area contributed by atoms with E-state index < -0.39 is 0 Å². The molecule has 2 aromatic rings. The second-order valence-electron chi connectivity index (χ2n) is 6.05. The van der Waals surface area contributed by atoms with Gasteiger partial charge < -0.3 is 9.47 Å². The molecule has 0 aliphatic carbocycles. The molecule has 1 aliphatic heterocycles. The highest BCUT2D eigenvalue weighted by Gasteiger charge is 2.22. The van der Waals surface area contributed by atoms with Crippen molar-refractivity contribution in [3.05, 3.63) is 59.7 Å². The molecule has 0 amide bonds. The van der Waals surface area contributed by atoms with Gasteiger partial charge in [-0.05, 0) is 30.0 Å². The molecule has 0 bridgehead atoms. The highest BCUT2D eigenvalue weighted by atomic mass is 16.6. The lowest BCUT2D eigenvalue weighted by Crippen LogP contribution is -2.30. The second-order valence-corrected chi connectivity index (χ2v) is 6.05. The van der Waals surface area contributed by atoms with Crippen molar-refractivity contribution in [1.29, 1.82) is 0 Å². The van der Waals surface area contributed by atoms with E-state index in [1.807, 2.05) is 0 Å². The Labute approximate surface area is 133 Å². The van der Waals surface area contributed by atoms with E-state index in [-0.39, 0.29) is 12.2 Å². The Hall–Kier alpha value is -1.64. The van der Waals surface area contributed by atoms with Gasteiger partial charge >= 0.3 is 0 Å². The standard InChI is InChI=1S/C20H24O2/c1-3-4-19-13-22-20(14-21-19)18-11-9-17(10-12-18)16-7-5-15(2)6-8-16/h5-12,19-20H,3-4,13-14H2,1-2H3/t19-,20-/m1/s1. The van der Waals surface area contributed by atoms with Gasteiger partial charge in [0.05, 0.1) is 19.3 Å². The topological polar surface area (TPSA) is 18.5 Å². The summed E-state index contributed by atoms with van der Waals surface area (Å²) in [5, 5.41) is 0. The Bertz CT molecular complexity index is 578. The van der Waals surface area contributed by atoms with Crippen LogP contribution in [0.5, 0.6) is 0 Å². The smallest absolute Gasteiger partial charge is 0.106 e. The van der Waals surface area contributed by atoms with Crippen LogP contribution < -0.4 is 0 Å². The minimum atomic E-state index is 0.0696. The molecule has 2 atom stereocenters. The monoisotopic (exact) mass is 296 g/mol. The molecule has 1 saturated heterocycles. The number of ether oxygens (including phenoxy) is 2. The van der Waals surface area contributed by atoms with E-state index in [0.717, 1.165) is 12.8 Å². The van der Waals surface area contributed by atoms with Crippen LogP contribution in [0.15, 0.2) is 48.5 Å². The molecular weight excluding hydrogens is 272 g/mol. The average molecular weight is 296 g/mol. The summed E-state index contributed by atoms with van der Waals surface area (Å²) in [6, 6.07) is 17.3. The fourth-order valence-electron chi connectivity index (χ4n) is 2.86. The number of hydrogen-bond acceptors (Lipinski definition) is 2. The third kappa shape index (κ3) is 3.57. The van der Waals surface area contributed by atoms with E-state index >= 15 is 0 Å². The quantitative estimate of drug-likeness (QED) is 0.797. The first-order valence-electron chi connectivity index (χ1n) is 8.16. The van der Waals surface area contributed by atoms with Crippen LogP contribution in [0, 0.1) is 6.92 Å². The Morgan fingerprint density at radius 3 is 2.05 bits per heavy atom. The van der Waals surface area contributed by atoms with Crippen molar-refractivity contribution >= 4 is 0 Å². The van der Waals surface area contributed by atoms with Gasteiger partial charge in [-0.25, -0.2) is 0 Å². The Morgan fingerprint density at radius 1 is 0.864 bits per heavy atom. The maximum absolute atomic E-state index is 5.97. The van der Waals surface area contributed by atoms with Crippen LogP contribution in [-0.2, 0) is 9.47 Å². The fraction of sp³-hybridized carbons (Fsp3) is 0.400. The van der Waals surface area contributed by atoms with Crippen molar-refractivity contribution in [1.82, 2.24) is 0 Å². The van der Waals surface area contributed by atoms with Gasteiger partial charge in [-0.2, -0.15) is 0 Å². The normalized spacial score (nSPS) is 21.7. The second kappa shape index (κ2) is 7.08. The Kier molecular flexibility index (Phi) is 4.91. The molecule has 2 aromatic carbocycles. The summed E-state index contributed by atoms with van der Waals surface area (Å²) >= 11 is 0. The highest BCUT2D eigenvalue weighted by molar-refractivity contribution is 5.64. The molecule has 0 unspecified atom stereocenters. The molecule has 1 aliphatic rings. The van der Waals surface area contributed by atoms with Crippen LogP contribution in [0.4, 0.5) is 0 Å². The Balaban J connectivity index is 1.66. The summed E-state index contributed by atoms with van der Waals surface area (Å²) in [5.74, 6) is 0. The zero-order chi connectivity index (χ0) is 15.4. The van der Waals surface area contributed by atoms with Crippen LogP contribution >= 0.6 is 0 Å². The summed E-state index contributed by atoms with van der Waals surface area (Å²) in [6.07, 6.45) is 2.57. The molecule has 22 heavy (non-hydrogen) atoms. The summed E-state index contributed by atoms with van der Waals surface area (Å²) < 4.78 is 11.9. The van der Waals surface area contributed by atoms with Crippen LogP contribution in [0.25, 0.3) is 11.1 Å². The van der Waals surface area contributed by atoms with Crippen molar-refractivity contribution in [3.8, 4) is 11.1 Å². The van der Waals surface area contributed by atoms with Gasteiger partial charge in [0.15, 0.2) is 0 Å². The van der Waals surface area contributed by atoms with Gasteiger partial charge in [0, 0.05) is 0 Å². The molecule has 0 spiro atoms. The third-order valence-electron chi connectivity index (χ3n) is 4.24. The van der Waals surface area contributed by atoms with E-state index in [1.165, 1.54) is 22.3 Å². The zero-order valence-corrected chi connectivity index (χ0v) is 13.4. The first kappa shape index (κ1) is 15.3. The molecule has 3 rings (SSSR count). The van der Waals surface area contributed by atoms with Gasteiger partial charge in [-0.1, -0.05) is 67.4 Å². The molecule has 0 radical (unpaired) electrons. The molecule has 0 N–H and O–H groups in total. The van der Waals surface area contributed by atoms with Gasteiger partial charge in [0.25, 0.3) is 0 Å². The lowest BCUT2D eigenvalue weighted by atomic mass is 10.0. The minimum absolute atomic E-state index is 0.0696. The van der Waals surface area contributed by atoms with E-state index in [9.17, 15) is 0 Å². The average Bonchev–Trinajstić information content (AvgIpc) is 2.57. The molecule has 0 saturated carbocycles. The predicted octanol–water partition coefficient (Wildman–Crippen LogP) is 4.92. The molecule has 116 valence electrons. The maximum Gasteiger partial charge on any atom is 0.106 e. The summed E-state index contributed by atoms with van der Waals surface area (Å²) in [5.41, 5.74) is 4.98. The van der Waals surface area contributed by atoms with Crippen LogP contribution in [0.1, 0.15) is 37.0 Å². The molecule has 2 heteroatoms. The summed E-state index contributed by atoms with van der Waals surface area (Å²) in [7, 11) is 0. The van der Waals surface area contributed by atoms with Gasteiger partial charge in [-0.3, -0.25) is 0 Å². The van der Waals surface area contributed by atoms with Gasteiger partial charge in [0.1, 0.15) is 6.10 Å². The van der Waals surface area contributed by atoms with Crippen LogP contribution in [0.2, 0.25) is 0 Å². The van der Waals surface area contributed by atoms with Crippen molar-refractivity contribution in [2.45, 2.75) is 38.9 Å². The number of rotatable bonds is 4. The van der Waals surface area contributed by atoms with E-state index in [0.29, 0.717) is 13.2 Å². The SMILES string of the molecule is CCC[C@@H]1CO[C@@H](c2ccc(-c3ccc(C)cc3)cc2)CO1. The lowest BCUT2D eigenvalue weighted by molar-refractivity contribution is -0.137. The van der Waals surface area contributed by atoms with Crippen molar-refractivity contribution in [2.24, 2.45) is 0 Å². The predicted molar refractivity (Wildman–Crippen MR) is 90.0 cm³/mol. The number of benzene rings is 2. The Morgan fingerprint density at radius 2 is 1.50 bits per heavy atom. The highest BCUT2D eigenvalue weighted by Crippen LogP contribution is 2.27. The van der Waals surface area contributed by atoms with Crippen LogP contribution in [0.3, 0.4) is 0 Å². The van der Waals surface area contributed by atoms with Gasteiger partial charge in [-0.15, -0.1) is 0 Å². The molecule has 1 fully saturated rings. The first-order valence-corrected chi connectivity index (χ1v) is 8.16. The zero-order valence-electron chi connectivity index (χ0n) is 13.4. The lowest BCUT2D eigenvalue weighted by Gasteiger charge is -2.29. The largest absolute Gasteiger partial charge is 0.373 e. The van der Waals surface area contributed by atoms with Crippen molar-refractivity contribution < 1.29 is 9.47 Å². The van der Waals surface area contributed by atoms with E-state index in [4.69, 9.17) is 9.47 Å². The van der Waals surface area contributed by atoms with E-state index in [1.54, 1.807) is 0 Å².